The standard InChI is InChI=1S/C23H19ClN4OS3/c1-15(19-8-4-6-17-5-2-3-7-20(17)19)25-26-21(29)14-31-23-28-27-22(32-23)30-13-16-9-11-18(24)12-10-16/h2-12H,13-14H2,1H3,(H,26,29)/b25-15+. The maximum atomic E-state index is 12.3. The highest BCUT2D eigenvalue weighted by Crippen LogP contribution is 2.30. The summed E-state index contributed by atoms with van der Waals surface area (Å²) < 4.78 is 1.63. The highest BCUT2D eigenvalue weighted by Gasteiger charge is 2.10. The zero-order valence-electron chi connectivity index (χ0n) is 17.1. The Bertz CT molecular complexity index is 1250. The van der Waals surface area contributed by atoms with Gasteiger partial charge in [0.15, 0.2) is 8.68 Å². The largest absolute Gasteiger partial charge is 0.272 e. The molecule has 1 aromatic heterocycles. The average molecular weight is 499 g/mol. The van der Waals surface area contributed by atoms with Crippen LogP contribution in [0.1, 0.15) is 18.1 Å². The highest BCUT2D eigenvalue weighted by atomic mass is 35.5. The van der Waals surface area contributed by atoms with Gasteiger partial charge in [-0.05, 0) is 35.4 Å². The molecule has 32 heavy (non-hydrogen) atoms. The lowest BCUT2D eigenvalue weighted by Crippen LogP contribution is -2.21. The third-order valence-electron chi connectivity index (χ3n) is 4.52. The second kappa shape index (κ2) is 11.0. The lowest BCUT2D eigenvalue weighted by molar-refractivity contribution is -0.118. The molecule has 0 fully saturated rings. The van der Waals surface area contributed by atoms with Crippen LogP contribution in [0, 0.1) is 0 Å². The van der Waals surface area contributed by atoms with E-state index in [1.807, 2.05) is 55.5 Å². The van der Waals surface area contributed by atoms with Crippen molar-refractivity contribution >= 4 is 68.9 Å². The zero-order chi connectivity index (χ0) is 22.3. The van der Waals surface area contributed by atoms with Crippen LogP contribution in [-0.2, 0) is 10.5 Å². The number of aromatic nitrogens is 2. The topological polar surface area (TPSA) is 67.2 Å². The molecule has 5 nitrogen and oxygen atoms in total. The predicted molar refractivity (Wildman–Crippen MR) is 136 cm³/mol. The van der Waals surface area contributed by atoms with Gasteiger partial charge in [-0.25, -0.2) is 5.43 Å². The van der Waals surface area contributed by atoms with Crippen molar-refractivity contribution in [3.05, 3.63) is 82.9 Å². The fraction of sp³-hybridized carbons (Fsp3) is 0.130. The van der Waals surface area contributed by atoms with Crippen molar-refractivity contribution in [2.75, 3.05) is 5.75 Å². The van der Waals surface area contributed by atoms with Crippen LogP contribution < -0.4 is 5.43 Å². The van der Waals surface area contributed by atoms with Crippen molar-refractivity contribution in [2.24, 2.45) is 5.10 Å². The van der Waals surface area contributed by atoms with E-state index in [1.54, 1.807) is 11.8 Å². The first-order valence-electron chi connectivity index (χ1n) is 9.73. The van der Waals surface area contributed by atoms with Gasteiger partial charge in [0.25, 0.3) is 5.91 Å². The van der Waals surface area contributed by atoms with E-state index in [9.17, 15) is 4.79 Å². The quantitative estimate of drug-likeness (QED) is 0.176. The maximum absolute atomic E-state index is 12.3. The van der Waals surface area contributed by atoms with Crippen molar-refractivity contribution in [3.63, 3.8) is 0 Å². The van der Waals surface area contributed by atoms with E-state index >= 15 is 0 Å². The molecule has 0 spiro atoms. The number of hydrogen-bond donors (Lipinski definition) is 1. The van der Waals surface area contributed by atoms with Crippen LogP contribution in [0.5, 0.6) is 0 Å². The van der Waals surface area contributed by atoms with Crippen LogP contribution in [0.25, 0.3) is 10.8 Å². The SMILES string of the molecule is C/C(=N\NC(=O)CSc1nnc(SCc2ccc(Cl)cc2)s1)c1cccc2ccccc12. The number of benzene rings is 3. The molecule has 162 valence electrons. The Morgan fingerprint density at radius 1 is 1.00 bits per heavy atom. The summed E-state index contributed by atoms with van der Waals surface area (Å²) in [7, 11) is 0. The maximum Gasteiger partial charge on any atom is 0.250 e. The molecule has 0 saturated carbocycles. The van der Waals surface area contributed by atoms with Gasteiger partial charge in [0.05, 0.1) is 11.5 Å². The first-order valence-corrected chi connectivity index (χ1v) is 12.9. The molecule has 3 aromatic carbocycles. The van der Waals surface area contributed by atoms with Gasteiger partial charge in [-0.3, -0.25) is 4.79 Å². The van der Waals surface area contributed by atoms with Crippen LogP contribution in [0.15, 0.2) is 80.5 Å². The summed E-state index contributed by atoms with van der Waals surface area (Å²) in [5.41, 5.74) is 5.57. The minimum Gasteiger partial charge on any atom is -0.272 e. The van der Waals surface area contributed by atoms with Gasteiger partial charge in [-0.2, -0.15) is 5.10 Å². The van der Waals surface area contributed by atoms with Gasteiger partial charge < -0.3 is 0 Å². The summed E-state index contributed by atoms with van der Waals surface area (Å²) in [6.45, 7) is 1.89. The second-order valence-electron chi connectivity index (χ2n) is 6.80. The molecule has 4 aromatic rings. The number of thioether (sulfide) groups is 2. The summed E-state index contributed by atoms with van der Waals surface area (Å²) in [4.78, 5) is 12.3. The summed E-state index contributed by atoms with van der Waals surface area (Å²) in [5.74, 6) is 0.835. The van der Waals surface area contributed by atoms with Gasteiger partial charge in [-0.15, -0.1) is 10.2 Å². The van der Waals surface area contributed by atoms with Crippen LogP contribution in [-0.4, -0.2) is 27.6 Å². The third kappa shape index (κ3) is 6.10. The first-order chi connectivity index (χ1) is 15.6. The third-order valence-corrected chi connectivity index (χ3v) is 8.03. The van der Waals surface area contributed by atoms with Crippen molar-refractivity contribution in [1.29, 1.82) is 0 Å². The number of amides is 1. The lowest BCUT2D eigenvalue weighted by Gasteiger charge is -2.06. The molecule has 0 aliphatic heterocycles. The molecule has 0 aliphatic carbocycles. The lowest BCUT2D eigenvalue weighted by atomic mass is 10.0. The number of nitrogens with zero attached hydrogens (tertiary/aromatic N) is 3. The Hall–Kier alpha value is -2.39. The van der Waals surface area contributed by atoms with Crippen molar-refractivity contribution in [3.8, 4) is 0 Å². The van der Waals surface area contributed by atoms with Gasteiger partial charge in [0.1, 0.15) is 0 Å². The van der Waals surface area contributed by atoms with Crippen molar-refractivity contribution < 1.29 is 4.79 Å². The fourth-order valence-electron chi connectivity index (χ4n) is 2.95. The molecule has 1 heterocycles. The van der Waals surface area contributed by atoms with Gasteiger partial charge in [0, 0.05) is 16.3 Å². The molecule has 0 unspecified atom stereocenters. The summed E-state index contributed by atoms with van der Waals surface area (Å²) in [5, 5.41) is 15.6. The minimum absolute atomic E-state index is 0.180. The monoisotopic (exact) mass is 498 g/mol. The van der Waals surface area contributed by atoms with Crippen LogP contribution in [0.3, 0.4) is 0 Å². The number of nitrogens with one attached hydrogen (secondary N) is 1. The summed E-state index contributed by atoms with van der Waals surface area (Å²) in [6, 6.07) is 21.9. The van der Waals surface area contributed by atoms with E-state index in [0.29, 0.717) is 0 Å². The highest BCUT2D eigenvalue weighted by molar-refractivity contribution is 8.03. The van der Waals surface area contributed by atoms with Crippen LogP contribution in [0.2, 0.25) is 5.02 Å². The Morgan fingerprint density at radius 2 is 1.72 bits per heavy atom. The molecule has 0 atom stereocenters. The number of rotatable bonds is 8. The van der Waals surface area contributed by atoms with E-state index in [4.69, 9.17) is 11.6 Å². The molecular weight excluding hydrogens is 480 g/mol. The minimum atomic E-state index is -0.180. The molecule has 0 aliphatic rings. The molecule has 1 amide bonds. The Labute approximate surface area is 203 Å². The zero-order valence-corrected chi connectivity index (χ0v) is 20.3. The van der Waals surface area contributed by atoms with Gasteiger partial charge in [0.2, 0.25) is 0 Å². The van der Waals surface area contributed by atoms with Gasteiger partial charge >= 0.3 is 0 Å². The summed E-state index contributed by atoms with van der Waals surface area (Å²) >= 11 is 10.4. The molecular formula is C23H19ClN4OS3. The van der Waals surface area contributed by atoms with Crippen molar-refractivity contribution in [2.45, 2.75) is 21.4 Å². The Morgan fingerprint density at radius 3 is 2.53 bits per heavy atom. The number of halogens is 1. The molecule has 9 heteroatoms. The second-order valence-corrected chi connectivity index (χ2v) is 10.7. The normalized spacial score (nSPS) is 11.6. The molecule has 0 saturated heterocycles. The Kier molecular flexibility index (Phi) is 7.81. The molecule has 1 N–H and O–H groups in total. The average Bonchev–Trinajstić information content (AvgIpc) is 3.28. The number of fused-ring (bicyclic) bond motifs is 1. The fourth-order valence-corrected chi connectivity index (χ4v) is 5.84. The number of hydrogen-bond acceptors (Lipinski definition) is 7. The van der Waals surface area contributed by atoms with Crippen LogP contribution >= 0.6 is 46.5 Å². The molecule has 0 bridgehead atoms. The van der Waals surface area contributed by atoms with E-state index < -0.39 is 0 Å². The molecule has 0 radical (unpaired) electrons. The van der Waals surface area contributed by atoms with E-state index in [2.05, 4.69) is 38.9 Å². The van der Waals surface area contributed by atoms with E-state index in [0.717, 1.165) is 41.5 Å². The predicted octanol–water partition coefficient (Wildman–Crippen LogP) is 6.27. The van der Waals surface area contributed by atoms with E-state index in [-0.39, 0.29) is 11.7 Å². The van der Waals surface area contributed by atoms with Gasteiger partial charge in [-0.1, -0.05) is 101 Å². The first kappa shape index (κ1) is 22.8. The van der Waals surface area contributed by atoms with Crippen molar-refractivity contribution in [1.82, 2.24) is 15.6 Å². The summed E-state index contributed by atoms with van der Waals surface area (Å²) in [6.07, 6.45) is 0. The Balaban J connectivity index is 1.28. The van der Waals surface area contributed by atoms with Crippen LogP contribution in [0.4, 0.5) is 0 Å². The molecule has 4 rings (SSSR count). The smallest absolute Gasteiger partial charge is 0.250 e. The number of carbonyl (C=O) groups is 1. The number of hydrazone groups is 1. The van der Waals surface area contributed by atoms with E-state index in [1.165, 1.54) is 28.7 Å². The number of carbonyl (C=O) groups excluding carboxylic acids is 1.